The van der Waals surface area contributed by atoms with E-state index < -0.39 is 0 Å². The smallest absolute Gasteiger partial charge is 0.123 e. The fourth-order valence-electron chi connectivity index (χ4n) is 2.48. The molecule has 0 heterocycles. The molecule has 0 aromatic heterocycles. The molecule has 3 aromatic carbocycles. The predicted molar refractivity (Wildman–Crippen MR) is 93.5 cm³/mol. The molecule has 3 aromatic rings. The lowest BCUT2D eigenvalue weighted by Gasteiger charge is -2.10. The van der Waals surface area contributed by atoms with Crippen LogP contribution in [0.3, 0.4) is 0 Å². The monoisotopic (exact) mass is 306 g/mol. The van der Waals surface area contributed by atoms with Gasteiger partial charge in [-0.15, -0.1) is 0 Å². The van der Waals surface area contributed by atoms with Crippen LogP contribution in [0.5, 0.6) is 0 Å². The second-order valence-electron chi connectivity index (χ2n) is 5.50. The largest absolute Gasteiger partial charge is 0.321 e. The third kappa shape index (κ3) is 3.96. The summed E-state index contributed by atoms with van der Waals surface area (Å²) in [5, 5.41) is 0. The quantitative estimate of drug-likeness (QED) is 0.654. The van der Waals surface area contributed by atoms with Crippen molar-refractivity contribution in [2.24, 2.45) is 0 Å². The van der Waals surface area contributed by atoms with Gasteiger partial charge in [-0.2, -0.15) is 0 Å². The molecule has 0 radical (unpaired) electrons. The molecular formula is C20H19FN2. The van der Waals surface area contributed by atoms with Crippen LogP contribution >= 0.6 is 0 Å². The molecule has 0 spiro atoms. The maximum absolute atomic E-state index is 13.4. The molecule has 116 valence electrons. The number of hydrogen-bond donors (Lipinski definition) is 2. The Labute approximate surface area is 136 Å². The average Bonchev–Trinajstić information content (AvgIpc) is 2.59. The molecule has 0 aliphatic carbocycles. The Morgan fingerprint density at radius 3 is 2.35 bits per heavy atom. The van der Waals surface area contributed by atoms with E-state index in [0.29, 0.717) is 6.54 Å². The summed E-state index contributed by atoms with van der Waals surface area (Å²) in [6, 6.07) is 23.0. The van der Waals surface area contributed by atoms with Crippen LogP contribution in [0.2, 0.25) is 0 Å². The van der Waals surface area contributed by atoms with Crippen LogP contribution in [0.4, 0.5) is 10.1 Å². The van der Waals surface area contributed by atoms with Gasteiger partial charge in [0.1, 0.15) is 5.82 Å². The molecule has 0 saturated carbocycles. The number of halogens is 1. The summed E-state index contributed by atoms with van der Waals surface area (Å²) < 4.78 is 13.4. The first-order valence-corrected chi connectivity index (χ1v) is 7.62. The van der Waals surface area contributed by atoms with Crippen molar-refractivity contribution in [2.75, 3.05) is 5.43 Å². The number of aryl methyl sites for hydroxylation is 1. The van der Waals surface area contributed by atoms with Gasteiger partial charge in [0.15, 0.2) is 0 Å². The molecule has 2 N–H and O–H groups in total. The number of nitrogens with one attached hydrogen (secondary N) is 2. The Hall–Kier alpha value is -2.65. The van der Waals surface area contributed by atoms with Crippen molar-refractivity contribution in [3.63, 3.8) is 0 Å². The highest BCUT2D eigenvalue weighted by atomic mass is 19.1. The number of rotatable bonds is 5. The van der Waals surface area contributed by atoms with Crippen LogP contribution in [-0.2, 0) is 6.54 Å². The Morgan fingerprint density at radius 2 is 1.61 bits per heavy atom. The lowest BCUT2D eigenvalue weighted by molar-refractivity contribution is 0.628. The van der Waals surface area contributed by atoms with Gasteiger partial charge in [-0.05, 0) is 53.4 Å². The molecule has 0 saturated heterocycles. The molecule has 0 aliphatic heterocycles. The van der Waals surface area contributed by atoms with E-state index in [2.05, 4.69) is 23.0 Å². The van der Waals surface area contributed by atoms with Gasteiger partial charge >= 0.3 is 0 Å². The number of para-hydroxylation sites is 1. The van der Waals surface area contributed by atoms with Gasteiger partial charge in [-0.3, -0.25) is 0 Å². The first-order chi connectivity index (χ1) is 11.2. The second-order valence-corrected chi connectivity index (χ2v) is 5.50. The van der Waals surface area contributed by atoms with E-state index in [1.165, 1.54) is 6.07 Å². The van der Waals surface area contributed by atoms with E-state index in [0.717, 1.165) is 27.9 Å². The second kappa shape index (κ2) is 7.07. The Bertz CT molecular complexity index is 767. The van der Waals surface area contributed by atoms with E-state index >= 15 is 0 Å². The SMILES string of the molecule is Cc1ccc(F)cc1-c1ccc(CNNc2ccccc2)cc1. The third-order valence-corrected chi connectivity index (χ3v) is 3.76. The summed E-state index contributed by atoms with van der Waals surface area (Å²) in [6.07, 6.45) is 0. The summed E-state index contributed by atoms with van der Waals surface area (Å²) in [4.78, 5) is 0. The van der Waals surface area contributed by atoms with Crippen molar-refractivity contribution >= 4 is 5.69 Å². The Kier molecular flexibility index (Phi) is 4.69. The highest BCUT2D eigenvalue weighted by Gasteiger charge is 2.03. The van der Waals surface area contributed by atoms with Crippen molar-refractivity contribution in [3.05, 3.63) is 89.7 Å². The van der Waals surface area contributed by atoms with E-state index in [1.54, 1.807) is 6.07 Å². The highest BCUT2D eigenvalue weighted by Crippen LogP contribution is 2.24. The molecule has 0 fully saturated rings. The minimum atomic E-state index is -0.205. The summed E-state index contributed by atoms with van der Waals surface area (Å²) in [5.74, 6) is -0.205. The lowest BCUT2D eigenvalue weighted by Crippen LogP contribution is -2.20. The zero-order valence-electron chi connectivity index (χ0n) is 13.0. The Morgan fingerprint density at radius 1 is 0.870 bits per heavy atom. The van der Waals surface area contributed by atoms with Crippen LogP contribution in [0, 0.1) is 12.7 Å². The minimum absolute atomic E-state index is 0.205. The molecular weight excluding hydrogens is 287 g/mol. The van der Waals surface area contributed by atoms with Crippen molar-refractivity contribution in [1.82, 2.24) is 5.43 Å². The first kappa shape index (κ1) is 15.3. The topological polar surface area (TPSA) is 24.1 Å². The van der Waals surface area contributed by atoms with Crippen LogP contribution in [0.15, 0.2) is 72.8 Å². The zero-order valence-corrected chi connectivity index (χ0v) is 13.0. The first-order valence-electron chi connectivity index (χ1n) is 7.62. The molecule has 0 amide bonds. The zero-order chi connectivity index (χ0) is 16.1. The van der Waals surface area contributed by atoms with Crippen LogP contribution < -0.4 is 10.9 Å². The standard InChI is InChI=1S/C20H19FN2/c1-15-7-12-18(21)13-20(15)17-10-8-16(9-11-17)14-22-23-19-5-3-2-4-6-19/h2-13,22-23H,14H2,1H3. The molecule has 0 bridgehead atoms. The third-order valence-electron chi connectivity index (χ3n) is 3.76. The van der Waals surface area contributed by atoms with Crippen molar-refractivity contribution in [3.8, 4) is 11.1 Å². The van der Waals surface area contributed by atoms with E-state index in [4.69, 9.17) is 0 Å². The van der Waals surface area contributed by atoms with Gasteiger partial charge < -0.3 is 5.43 Å². The Balaban J connectivity index is 1.64. The summed E-state index contributed by atoms with van der Waals surface area (Å²) in [5.41, 5.74) is 11.6. The van der Waals surface area contributed by atoms with Gasteiger partial charge in [-0.25, -0.2) is 9.82 Å². The number of benzene rings is 3. The van der Waals surface area contributed by atoms with Gasteiger partial charge in [0, 0.05) is 12.2 Å². The van der Waals surface area contributed by atoms with Gasteiger partial charge in [0.05, 0.1) is 0 Å². The van der Waals surface area contributed by atoms with Gasteiger partial charge in [0.2, 0.25) is 0 Å². The predicted octanol–water partition coefficient (Wildman–Crippen LogP) is 4.92. The van der Waals surface area contributed by atoms with E-state index in [9.17, 15) is 4.39 Å². The molecule has 0 aliphatic rings. The van der Waals surface area contributed by atoms with Crippen LogP contribution in [0.25, 0.3) is 11.1 Å². The lowest BCUT2D eigenvalue weighted by atomic mass is 9.99. The summed E-state index contributed by atoms with van der Waals surface area (Å²) in [6.45, 7) is 2.70. The van der Waals surface area contributed by atoms with Crippen molar-refractivity contribution in [2.45, 2.75) is 13.5 Å². The minimum Gasteiger partial charge on any atom is -0.321 e. The van der Waals surface area contributed by atoms with Crippen molar-refractivity contribution in [1.29, 1.82) is 0 Å². The fraction of sp³-hybridized carbons (Fsp3) is 0.100. The summed E-state index contributed by atoms with van der Waals surface area (Å²) in [7, 11) is 0. The maximum atomic E-state index is 13.4. The fourth-order valence-corrected chi connectivity index (χ4v) is 2.48. The number of hydrazine groups is 1. The van der Waals surface area contributed by atoms with Crippen LogP contribution in [0.1, 0.15) is 11.1 Å². The van der Waals surface area contributed by atoms with Gasteiger partial charge in [-0.1, -0.05) is 48.5 Å². The normalized spacial score (nSPS) is 10.5. The van der Waals surface area contributed by atoms with Crippen molar-refractivity contribution < 1.29 is 4.39 Å². The van der Waals surface area contributed by atoms with Gasteiger partial charge in [0.25, 0.3) is 0 Å². The highest BCUT2D eigenvalue weighted by molar-refractivity contribution is 5.67. The maximum Gasteiger partial charge on any atom is 0.123 e. The molecule has 2 nitrogen and oxygen atoms in total. The van der Waals surface area contributed by atoms with E-state index in [1.807, 2.05) is 55.5 Å². The van der Waals surface area contributed by atoms with Crippen LogP contribution in [-0.4, -0.2) is 0 Å². The molecule has 0 atom stereocenters. The van der Waals surface area contributed by atoms with E-state index in [-0.39, 0.29) is 5.82 Å². The molecule has 3 rings (SSSR count). The number of hydrogen-bond acceptors (Lipinski definition) is 2. The number of anilines is 1. The molecule has 23 heavy (non-hydrogen) atoms. The average molecular weight is 306 g/mol. The summed E-state index contributed by atoms with van der Waals surface area (Å²) >= 11 is 0. The molecule has 3 heteroatoms. The molecule has 0 unspecified atom stereocenters.